The number of hydrogen-bond donors (Lipinski definition) is 0. The normalized spacial score (nSPS) is 8.95. The van der Waals surface area contributed by atoms with E-state index in [1.807, 2.05) is 111 Å². The van der Waals surface area contributed by atoms with E-state index >= 15 is 0 Å². The highest BCUT2D eigenvalue weighted by atomic mass is 14.9. The van der Waals surface area contributed by atoms with Gasteiger partial charge in [0.2, 0.25) is 0 Å². The van der Waals surface area contributed by atoms with E-state index in [9.17, 15) is 0 Å². The number of nitrogens with zero attached hydrogens (tertiary/aromatic N) is 3. The molecule has 0 unspecified atom stereocenters. The van der Waals surface area contributed by atoms with Crippen molar-refractivity contribution in [1.82, 2.24) is 13.7 Å². The lowest BCUT2D eigenvalue weighted by Crippen LogP contribution is -1.84. The standard InChI is InChI=1S/3C13H11N.8C2H6/c3*1-14-12-8-4-2-6-10(12)11-7-3-5-9-13(11)14;8*1-2/h3*2-9H,1H3;8*1-2H3. The van der Waals surface area contributed by atoms with Gasteiger partial charge < -0.3 is 13.7 Å². The number of para-hydroxylation sites is 6. The third kappa shape index (κ3) is 13.4. The Kier molecular flexibility index (Phi) is 31.0. The third-order valence-electron chi connectivity index (χ3n) is 8.46. The Labute approximate surface area is 355 Å². The van der Waals surface area contributed by atoms with Gasteiger partial charge in [0.25, 0.3) is 0 Å². The molecule has 0 fully saturated rings. The Hall–Kier alpha value is -5.28. The molecule has 0 aliphatic heterocycles. The van der Waals surface area contributed by atoms with E-state index in [1.165, 1.54) is 65.4 Å². The smallest absolute Gasteiger partial charge is 0.0488 e. The monoisotopic (exact) mass is 784 g/mol. The summed E-state index contributed by atoms with van der Waals surface area (Å²) in [6.07, 6.45) is 0. The molecule has 3 heterocycles. The van der Waals surface area contributed by atoms with Gasteiger partial charge in [-0.15, -0.1) is 0 Å². The van der Waals surface area contributed by atoms with Crippen LogP contribution in [0.15, 0.2) is 146 Å². The van der Waals surface area contributed by atoms with E-state index in [1.54, 1.807) is 0 Å². The number of rotatable bonds is 0. The van der Waals surface area contributed by atoms with Crippen LogP contribution in [0.5, 0.6) is 0 Å². The summed E-state index contributed by atoms with van der Waals surface area (Å²) in [4.78, 5) is 0. The van der Waals surface area contributed by atoms with Crippen LogP contribution in [-0.2, 0) is 21.1 Å². The molecule has 9 rings (SSSR count). The maximum Gasteiger partial charge on any atom is 0.0488 e. The Morgan fingerprint density at radius 3 is 0.414 bits per heavy atom. The van der Waals surface area contributed by atoms with Gasteiger partial charge in [0.1, 0.15) is 0 Å². The molecule has 316 valence electrons. The molecule has 0 aliphatic rings. The van der Waals surface area contributed by atoms with E-state index in [2.05, 4.69) is 180 Å². The van der Waals surface area contributed by atoms with Crippen LogP contribution in [0.4, 0.5) is 0 Å². The minimum absolute atomic E-state index is 1.30. The van der Waals surface area contributed by atoms with Crippen LogP contribution in [0.3, 0.4) is 0 Å². The molecule has 0 radical (unpaired) electrons. The first kappa shape index (κ1) is 54.8. The Bertz CT molecular complexity index is 1920. The zero-order valence-electron chi connectivity index (χ0n) is 40.2. The fourth-order valence-electron chi connectivity index (χ4n) is 6.35. The van der Waals surface area contributed by atoms with Gasteiger partial charge in [0.15, 0.2) is 0 Å². The summed E-state index contributed by atoms with van der Waals surface area (Å²) in [7, 11) is 6.35. The summed E-state index contributed by atoms with van der Waals surface area (Å²) in [5, 5.41) is 8.03. The first-order chi connectivity index (χ1) is 28.6. The molecule has 9 aromatic rings. The molecule has 0 amide bonds. The second-order valence-corrected chi connectivity index (χ2v) is 10.8. The summed E-state index contributed by atoms with van der Waals surface area (Å²) in [6, 6.07) is 51.1. The molecule has 0 aliphatic carbocycles. The molecule has 0 spiro atoms. The van der Waals surface area contributed by atoms with E-state index in [4.69, 9.17) is 0 Å². The van der Waals surface area contributed by atoms with E-state index in [0.29, 0.717) is 0 Å². The fourth-order valence-corrected chi connectivity index (χ4v) is 6.35. The van der Waals surface area contributed by atoms with Crippen LogP contribution < -0.4 is 0 Å². The largest absolute Gasteiger partial charge is 0.344 e. The van der Waals surface area contributed by atoms with Crippen molar-refractivity contribution in [2.45, 2.75) is 111 Å². The van der Waals surface area contributed by atoms with Crippen molar-refractivity contribution >= 4 is 65.4 Å². The zero-order chi connectivity index (χ0) is 44.6. The molecule has 58 heavy (non-hydrogen) atoms. The second-order valence-electron chi connectivity index (χ2n) is 10.8. The van der Waals surface area contributed by atoms with Crippen LogP contribution in [0, 0.1) is 0 Å². The molecule has 0 atom stereocenters. The number of fused-ring (bicyclic) bond motifs is 9. The van der Waals surface area contributed by atoms with E-state index < -0.39 is 0 Å². The first-order valence-corrected chi connectivity index (χ1v) is 22.4. The molecule has 0 saturated carbocycles. The average Bonchev–Trinajstić information content (AvgIpc) is 3.93. The molecule has 0 bridgehead atoms. The predicted octanol–water partition coefficient (Wildman–Crippen LogP) is 18.2. The van der Waals surface area contributed by atoms with Gasteiger partial charge in [-0.2, -0.15) is 0 Å². The second kappa shape index (κ2) is 32.8. The molecule has 3 aromatic heterocycles. The highest BCUT2D eigenvalue weighted by Gasteiger charge is 2.07. The summed E-state index contributed by atoms with van der Waals surface area (Å²) < 4.78 is 6.72. The van der Waals surface area contributed by atoms with Crippen molar-refractivity contribution in [3.05, 3.63) is 146 Å². The van der Waals surface area contributed by atoms with Crippen molar-refractivity contribution < 1.29 is 0 Å². The maximum absolute atomic E-state index is 2.24. The topological polar surface area (TPSA) is 14.8 Å². The van der Waals surface area contributed by atoms with E-state index in [-0.39, 0.29) is 0 Å². The third-order valence-corrected chi connectivity index (χ3v) is 8.46. The molecular formula is C55H81N3. The Morgan fingerprint density at radius 1 is 0.190 bits per heavy atom. The summed E-state index contributed by atoms with van der Waals surface area (Å²) in [5.74, 6) is 0. The average molecular weight is 784 g/mol. The number of benzene rings is 6. The van der Waals surface area contributed by atoms with Crippen molar-refractivity contribution in [3.63, 3.8) is 0 Å². The van der Waals surface area contributed by atoms with Gasteiger partial charge in [0.05, 0.1) is 0 Å². The Morgan fingerprint density at radius 2 is 0.293 bits per heavy atom. The van der Waals surface area contributed by atoms with Crippen LogP contribution in [0.1, 0.15) is 111 Å². The molecule has 0 N–H and O–H groups in total. The van der Waals surface area contributed by atoms with Crippen molar-refractivity contribution in [2.75, 3.05) is 0 Å². The van der Waals surface area contributed by atoms with Crippen LogP contribution in [0.25, 0.3) is 65.4 Å². The summed E-state index contributed by atoms with van der Waals surface area (Å²) in [5.41, 5.74) is 7.80. The maximum atomic E-state index is 2.24. The predicted molar refractivity (Wildman–Crippen MR) is 272 cm³/mol. The van der Waals surface area contributed by atoms with Crippen LogP contribution in [0.2, 0.25) is 0 Å². The lowest BCUT2D eigenvalue weighted by atomic mass is 10.2. The van der Waals surface area contributed by atoms with E-state index in [0.717, 1.165) is 0 Å². The first-order valence-electron chi connectivity index (χ1n) is 22.4. The quantitative estimate of drug-likeness (QED) is 0.145. The van der Waals surface area contributed by atoms with Gasteiger partial charge in [-0.3, -0.25) is 0 Å². The van der Waals surface area contributed by atoms with Crippen molar-refractivity contribution in [3.8, 4) is 0 Å². The number of aryl methyl sites for hydroxylation is 3. The SMILES string of the molecule is CC.CC.CC.CC.CC.CC.CC.CC.Cn1c2ccccc2c2ccccc21.Cn1c2ccccc2c2ccccc21.Cn1c2ccccc2c2ccccc21. The van der Waals surface area contributed by atoms with Crippen molar-refractivity contribution in [1.29, 1.82) is 0 Å². The van der Waals surface area contributed by atoms with Crippen LogP contribution >= 0.6 is 0 Å². The molecule has 3 heteroatoms. The minimum atomic E-state index is 1.30. The highest BCUT2D eigenvalue weighted by Crippen LogP contribution is 2.29. The van der Waals surface area contributed by atoms with Gasteiger partial charge in [-0.05, 0) is 36.4 Å². The Balaban J connectivity index is 0. The fraction of sp³-hybridized carbons (Fsp3) is 0.345. The summed E-state index contributed by atoms with van der Waals surface area (Å²) in [6.45, 7) is 32.0. The lowest BCUT2D eigenvalue weighted by Gasteiger charge is -1.95. The number of aromatic nitrogens is 3. The summed E-state index contributed by atoms with van der Waals surface area (Å²) >= 11 is 0. The molecule has 6 aromatic carbocycles. The van der Waals surface area contributed by atoms with Crippen molar-refractivity contribution in [2.24, 2.45) is 21.1 Å². The highest BCUT2D eigenvalue weighted by molar-refractivity contribution is 6.09. The molecular weight excluding hydrogens is 703 g/mol. The van der Waals surface area contributed by atoms with Gasteiger partial charge in [0, 0.05) is 86.6 Å². The van der Waals surface area contributed by atoms with Crippen LogP contribution in [-0.4, -0.2) is 13.7 Å². The van der Waals surface area contributed by atoms with Gasteiger partial charge in [-0.25, -0.2) is 0 Å². The zero-order valence-corrected chi connectivity index (χ0v) is 40.2. The number of hydrogen-bond acceptors (Lipinski definition) is 0. The van der Waals surface area contributed by atoms with Gasteiger partial charge >= 0.3 is 0 Å². The molecule has 0 saturated heterocycles. The van der Waals surface area contributed by atoms with Gasteiger partial charge in [-0.1, -0.05) is 220 Å². The molecule has 3 nitrogen and oxygen atoms in total. The lowest BCUT2D eigenvalue weighted by molar-refractivity contribution is 1.01. The minimum Gasteiger partial charge on any atom is -0.344 e.